The zero-order valence-electron chi connectivity index (χ0n) is 7.44. The molecular formula is C10H8O2S2. The van der Waals surface area contributed by atoms with Gasteiger partial charge in [0.25, 0.3) is 0 Å². The summed E-state index contributed by atoms with van der Waals surface area (Å²) in [7, 11) is 0. The molecule has 0 bridgehead atoms. The fourth-order valence-electron chi connectivity index (χ4n) is 1.39. The Morgan fingerprint density at radius 3 is 2.79 bits per heavy atom. The van der Waals surface area contributed by atoms with Crippen LogP contribution in [0.25, 0.3) is 10.1 Å². The van der Waals surface area contributed by atoms with Crippen molar-refractivity contribution in [2.45, 2.75) is 11.8 Å². The highest BCUT2D eigenvalue weighted by Crippen LogP contribution is 2.35. The standard InChI is InChI=1S/C10H8O2S2/c1-5-3-2-4-6-7(13)9(10(11)12)14-8(5)6/h2-4,13H,1H3,(H,11,12). The lowest BCUT2D eigenvalue weighted by molar-refractivity contribution is 0.0699. The molecule has 0 aliphatic heterocycles. The molecule has 0 radical (unpaired) electrons. The first-order valence-corrected chi connectivity index (χ1v) is 5.32. The monoisotopic (exact) mass is 224 g/mol. The fraction of sp³-hybridized carbons (Fsp3) is 0.100. The van der Waals surface area contributed by atoms with Crippen molar-refractivity contribution in [3.63, 3.8) is 0 Å². The van der Waals surface area contributed by atoms with Gasteiger partial charge in [0.2, 0.25) is 0 Å². The smallest absolute Gasteiger partial charge is 0.347 e. The summed E-state index contributed by atoms with van der Waals surface area (Å²) in [5, 5.41) is 9.85. The van der Waals surface area contributed by atoms with Gasteiger partial charge in [-0.2, -0.15) is 0 Å². The van der Waals surface area contributed by atoms with Gasteiger partial charge in [-0.15, -0.1) is 24.0 Å². The van der Waals surface area contributed by atoms with Crippen LogP contribution in [0.15, 0.2) is 23.1 Å². The van der Waals surface area contributed by atoms with Crippen LogP contribution in [0.1, 0.15) is 15.2 Å². The van der Waals surface area contributed by atoms with Gasteiger partial charge in [0.15, 0.2) is 0 Å². The Bertz CT molecular complexity index is 514. The summed E-state index contributed by atoms with van der Waals surface area (Å²) in [5.41, 5.74) is 1.09. The predicted molar refractivity (Wildman–Crippen MR) is 60.8 cm³/mol. The second-order valence-corrected chi connectivity index (χ2v) is 4.50. The van der Waals surface area contributed by atoms with E-state index in [1.165, 1.54) is 11.3 Å². The lowest BCUT2D eigenvalue weighted by Crippen LogP contribution is -1.91. The Morgan fingerprint density at radius 1 is 1.50 bits per heavy atom. The Hall–Kier alpha value is -1.00. The predicted octanol–water partition coefficient (Wildman–Crippen LogP) is 3.20. The molecule has 1 aromatic heterocycles. The number of fused-ring (bicyclic) bond motifs is 1. The summed E-state index contributed by atoms with van der Waals surface area (Å²) in [6.45, 7) is 1.97. The minimum atomic E-state index is -0.907. The van der Waals surface area contributed by atoms with E-state index < -0.39 is 5.97 Å². The largest absolute Gasteiger partial charge is 0.477 e. The van der Waals surface area contributed by atoms with E-state index in [4.69, 9.17) is 5.11 Å². The third kappa shape index (κ3) is 1.31. The van der Waals surface area contributed by atoms with Crippen molar-refractivity contribution in [1.82, 2.24) is 0 Å². The molecule has 4 heteroatoms. The first kappa shape index (κ1) is 9.55. The van der Waals surface area contributed by atoms with Crippen molar-refractivity contribution in [3.8, 4) is 0 Å². The number of carboxylic acid groups (broad SMARTS) is 1. The van der Waals surface area contributed by atoms with Gasteiger partial charge in [-0.25, -0.2) is 4.79 Å². The second kappa shape index (κ2) is 3.29. The van der Waals surface area contributed by atoms with E-state index in [2.05, 4.69) is 12.6 Å². The molecule has 0 aliphatic rings. The van der Waals surface area contributed by atoms with Crippen LogP contribution in [0, 0.1) is 6.92 Å². The lowest BCUT2D eigenvalue weighted by Gasteiger charge is -1.93. The minimum Gasteiger partial charge on any atom is -0.477 e. The number of hydrogen-bond donors (Lipinski definition) is 2. The van der Waals surface area contributed by atoms with Crippen molar-refractivity contribution < 1.29 is 9.90 Å². The van der Waals surface area contributed by atoms with Crippen LogP contribution in [0.5, 0.6) is 0 Å². The van der Waals surface area contributed by atoms with Crippen molar-refractivity contribution in [1.29, 1.82) is 0 Å². The first-order valence-electron chi connectivity index (χ1n) is 4.05. The maximum absolute atomic E-state index is 10.9. The maximum Gasteiger partial charge on any atom is 0.347 e. The summed E-state index contributed by atoms with van der Waals surface area (Å²) in [6.07, 6.45) is 0. The van der Waals surface area contributed by atoms with Crippen LogP contribution in [0.4, 0.5) is 0 Å². The van der Waals surface area contributed by atoms with Gasteiger partial charge in [-0.3, -0.25) is 0 Å². The Morgan fingerprint density at radius 2 is 2.21 bits per heavy atom. The molecule has 0 atom stereocenters. The Labute approximate surface area is 90.6 Å². The SMILES string of the molecule is Cc1cccc2c(S)c(C(=O)O)sc12. The van der Waals surface area contributed by atoms with Crippen molar-refractivity contribution in [2.24, 2.45) is 0 Å². The molecule has 0 fully saturated rings. The maximum atomic E-state index is 10.9. The topological polar surface area (TPSA) is 37.3 Å². The summed E-state index contributed by atoms with van der Waals surface area (Å²) in [6, 6.07) is 5.78. The number of thiol groups is 1. The van der Waals surface area contributed by atoms with Crippen molar-refractivity contribution >= 4 is 40.0 Å². The van der Waals surface area contributed by atoms with Crippen LogP contribution < -0.4 is 0 Å². The number of hydrogen-bond acceptors (Lipinski definition) is 3. The number of thiophene rings is 1. The van der Waals surface area contributed by atoms with Crippen LogP contribution in [-0.4, -0.2) is 11.1 Å². The van der Waals surface area contributed by atoms with E-state index in [0.717, 1.165) is 15.6 Å². The molecular weight excluding hydrogens is 216 g/mol. The molecule has 0 amide bonds. The van der Waals surface area contributed by atoms with E-state index in [0.29, 0.717) is 9.77 Å². The molecule has 72 valence electrons. The van der Waals surface area contributed by atoms with Crippen LogP contribution in [0.2, 0.25) is 0 Å². The molecule has 2 aromatic rings. The molecule has 1 heterocycles. The molecule has 2 rings (SSSR count). The van der Waals surface area contributed by atoms with Crippen molar-refractivity contribution in [2.75, 3.05) is 0 Å². The highest BCUT2D eigenvalue weighted by molar-refractivity contribution is 7.81. The van der Waals surface area contributed by atoms with E-state index in [1.54, 1.807) is 0 Å². The fourth-order valence-corrected chi connectivity index (χ4v) is 2.89. The van der Waals surface area contributed by atoms with Crippen LogP contribution in [0.3, 0.4) is 0 Å². The van der Waals surface area contributed by atoms with Gasteiger partial charge in [0.1, 0.15) is 4.88 Å². The van der Waals surface area contributed by atoms with Gasteiger partial charge >= 0.3 is 5.97 Å². The first-order chi connectivity index (χ1) is 6.61. The number of carbonyl (C=O) groups is 1. The number of benzene rings is 1. The summed E-state index contributed by atoms with van der Waals surface area (Å²) >= 11 is 5.51. The van der Waals surface area contributed by atoms with Crippen LogP contribution >= 0.6 is 24.0 Å². The molecule has 0 spiro atoms. The number of aryl methyl sites for hydroxylation is 1. The molecule has 0 unspecified atom stereocenters. The Balaban J connectivity index is 2.86. The van der Waals surface area contributed by atoms with Crippen LogP contribution in [-0.2, 0) is 0 Å². The molecule has 1 aromatic carbocycles. The Kier molecular flexibility index (Phi) is 2.25. The highest BCUT2D eigenvalue weighted by Gasteiger charge is 2.15. The van der Waals surface area contributed by atoms with E-state index in [1.807, 2.05) is 25.1 Å². The van der Waals surface area contributed by atoms with Crippen molar-refractivity contribution in [3.05, 3.63) is 28.6 Å². The molecule has 0 saturated carbocycles. The average molecular weight is 224 g/mol. The zero-order chi connectivity index (χ0) is 10.3. The number of rotatable bonds is 1. The molecule has 0 aliphatic carbocycles. The van der Waals surface area contributed by atoms with Gasteiger partial charge in [-0.05, 0) is 12.5 Å². The highest BCUT2D eigenvalue weighted by atomic mass is 32.1. The second-order valence-electron chi connectivity index (χ2n) is 3.04. The number of aromatic carboxylic acids is 1. The van der Waals surface area contributed by atoms with Gasteiger partial charge in [-0.1, -0.05) is 18.2 Å². The quantitative estimate of drug-likeness (QED) is 0.730. The summed E-state index contributed by atoms with van der Waals surface area (Å²) < 4.78 is 1.01. The van der Waals surface area contributed by atoms with Gasteiger partial charge < -0.3 is 5.11 Å². The molecule has 0 saturated heterocycles. The molecule has 1 N–H and O–H groups in total. The van der Waals surface area contributed by atoms with E-state index >= 15 is 0 Å². The minimum absolute atomic E-state index is 0.317. The number of carboxylic acids is 1. The summed E-state index contributed by atoms with van der Waals surface area (Å²) in [4.78, 5) is 11.8. The third-order valence-electron chi connectivity index (χ3n) is 2.08. The third-order valence-corrected chi connectivity index (χ3v) is 4.03. The lowest BCUT2D eigenvalue weighted by atomic mass is 10.2. The van der Waals surface area contributed by atoms with E-state index in [-0.39, 0.29) is 0 Å². The molecule has 14 heavy (non-hydrogen) atoms. The zero-order valence-corrected chi connectivity index (χ0v) is 9.15. The van der Waals surface area contributed by atoms with Gasteiger partial charge in [0.05, 0.1) is 0 Å². The normalized spacial score (nSPS) is 10.7. The molecule has 2 nitrogen and oxygen atoms in total. The average Bonchev–Trinajstić information content (AvgIpc) is 2.46. The van der Waals surface area contributed by atoms with Gasteiger partial charge in [0, 0.05) is 15.0 Å². The van der Waals surface area contributed by atoms with E-state index in [9.17, 15) is 4.79 Å². The summed E-state index contributed by atoms with van der Waals surface area (Å²) in [5.74, 6) is -0.907.